The van der Waals surface area contributed by atoms with Gasteiger partial charge in [0.15, 0.2) is 0 Å². The lowest BCUT2D eigenvalue weighted by Gasteiger charge is -2.23. The Labute approximate surface area is 397 Å². The molecule has 0 spiro atoms. The number of para-hydroxylation sites is 2. The van der Waals surface area contributed by atoms with Gasteiger partial charge in [-0.15, -0.1) is 0 Å². The molecule has 318 valence electrons. The highest BCUT2D eigenvalue weighted by atomic mass is 16.3. The number of pyridine rings is 1. The third-order valence-electron chi connectivity index (χ3n) is 11.7. The minimum absolute atomic E-state index is 0.0508. The molecule has 0 aliphatic heterocycles. The smallest absolute Gasteiger partial charge is 0.149 e. The number of imidazole rings is 1. The number of rotatable bonds is 7. The van der Waals surface area contributed by atoms with Crippen LogP contribution >= 0.6 is 0 Å². The van der Waals surface area contributed by atoms with E-state index in [2.05, 4.69) is 88.6 Å². The van der Waals surface area contributed by atoms with E-state index in [-0.39, 0.29) is 27.7 Å². The molecule has 0 amide bonds. The number of phenolic OH excluding ortho intramolecular Hbond substituents is 1. The van der Waals surface area contributed by atoms with Crippen molar-refractivity contribution >= 4 is 11.0 Å². The van der Waals surface area contributed by atoms with Crippen molar-refractivity contribution in [2.45, 2.75) is 78.3 Å². The molecule has 1 N–H and O–H groups in total. The number of phenols is 1. The number of hydrogen-bond donors (Lipinski definition) is 1. The van der Waals surface area contributed by atoms with Crippen LogP contribution in [-0.4, -0.2) is 19.6 Å². The minimum atomic E-state index is -3.81. The molecule has 0 saturated heterocycles. The highest BCUT2D eigenvalue weighted by Crippen LogP contribution is 2.43. The molecule has 0 atom stereocenters. The summed E-state index contributed by atoms with van der Waals surface area (Å²) >= 11 is 0. The molecule has 4 heteroatoms. The summed E-state index contributed by atoms with van der Waals surface area (Å²) in [7, 11) is 0. The Hall–Kier alpha value is -7.04. The average molecular weight is 849 g/mol. The van der Waals surface area contributed by atoms with E-state index in [1.807, 2.05) is 78.9 Å². The molecule has 7 aromatic carbocycles. The van der Waals surface area contributed by atoms with Gasteiger partial charge in [0.2, 0.25) is 0 Å². The first-order chi connectivity index (χ1) is 36.0. The summed E-state index contributed by atoms with van der Waals surface area (Å²) in [4.78, 5) is 10.1. The Balaban J connectivity index is 1.28. The van der Waals surface area contributed by atoms with Gasteiger partial charge >= 0.3 is 0 Å². The zero-order valence-corrected chi connectivity index (χ0v) is 36.7. The first-order valence-electron chi connectivity index (χ1n) is 27.8. The van der Waals surface area contributed by atoms with Crippen LogP contribution in [0.25, 0.3) is 83.9 Å². The zero-order valence-electron chi connectivity index (χ0n) is 49.7. The lowest BCUT2D eigenvalue weighted by Crippen LogP contribution is -2.12. The van der Waals surface area contributed by atoms with Crippen LogP contribution in [-0.2, 0) is 16.2 Å². The van der Waals surface area contributed by atoms with Crippen LogP contribution < -0.4 is 0 Å². The molecule has 0 unspecified atom stereocenters. The third kappa shape index (κ3) is 8.29. The molecule has 0 aliphatic carbocycles. The van der Waals surface area contributed by atoms with Crippen LogP contribution in [0.5, 0.6) is 5.75 Å². The molecule has 0 bridgehead atoms. The van der Waals surface area contributed by atoms with Gasteiger partial charge in [0.1, 0.15) is 11.6 Å². The van der Waals surface area contributed by atoms with Crippen molar-refractivity contribution in [3.8, 4) is 78.6 Å². The summed E-state index contributed by atoms with van der Waals surface area (Å²) in [6.45, 7) is 1.68. The average Bonchev–Trinajstić information content (AvgIpc) is 3.75. The van der Waals surface area contributed by atoms with Crippen LogP contribution in [0.2, 0.25) is 0 Å². The zero-order chi connectivity index (χ0) is 55.9. The van der Waals surface area contributed by atoms with E-state index < -0.39 is 55.7 Å². The van der Waals surface area contributed by atoms with Crippen LogP contribution in [0.3, 0.4) is 0 Å². The maximum Gasteiger partial charge on any atom is 0.149 e. The van der Waals surface area contributed by atoms with Crippen molar-refractivity contribution in [3.63, 3.8) is 0 Å². The monoisotopic (exact) mass is 849 g/mol. The van der Waals surface area contributed by atoms with Gasteiger partial charge in [0, 0.05) is 35.2 Å². The Morgan fingerprint density at radius 1 is 0.484 bits per heavy atom. The fraction of sp³-hybridized carbons (Fsp3) is 0.200. The van der Waals surface area contributed by atoms with Crippen molar-refractivity contribution < 1.29 is 22.9 Å². The van der Waals surface area contributed by atoms with Crippen LogP contribution in [0, 0.1) is 0 Å². The topological polar surface area (TPSA) is 50.9 Å². The molecule has 2 heterocycles. The lowest BCUT2D eigenvalue weighted by atomic mass is 9.83. The second kappa shape index (κ2) is 16.3. The molecule has 64 heavy (non-hydrogen) atoms. The molecule has 0 aliphatic rings. The van der Waals surface area contributed by atoms with E-state index in [1.165, 1.54) is 17.8 Å². The van der Waals surface area contributed by atoms with Gasteiger partial charge in [-0.3, -0.25) is 9.55 Å². The molecule has 9 aromatic rings. The van der Waals surface area contributed by atoms with E-state index in [4.69, 9.17) is 27.8 Å². The summed E-state index contributed by atoms with van der Waals surface area (Å²) in [5.41, 5.74) is 5.73. The number of hydrogen-bond acceptors (Lipinski definition) is 3. The standard InChI is InChI=1S/C60H57N3O/c1-58(2,3)46-26-22-40(23-27-46)42-32-33-61-52(37-42)45-35-43(39-16-11-10-12-17-39)34-44(36-45)49-19-15-20-54-56(49)62-57(50-18-13-14-21-55(50)64)63(54)53-31-30-48(60(7,8)9)38-51(53)41-24-28-47(29-25-41)59(4,5)6/h10-38,64H,1-9H3/i1D3,2D3,3D3,22D,23D,26D,27D. The molecular formula is C60H57N3O. The highest BCUT2D eigenvalue weighted by Gasteiger charge is 2.25. The predicted octanol–water partition coefficient (Wildman–Crippen LogP) is 16.0. The summed E-state index contributed by atoms with van der Waals surface area (Å²) in [6.07, 6.45) is 1.43. The summed E-state index contributed by atoms with van der Waals surface area (Å²) in [5.74, 6) is 0.560. The number of nitrogens with zero attached hydrogens (tertiary/aromatic N) is 3. The summed E-state index contributed by atoms with van der Waals surface area (Å²) in [6, 6.07) is 43.0. The van der Waals surface area contributed by atoms with E-state index >= 15 is 0 Å². The van der Waals surface area contributed by atoms with Gasteiger partial charge in [0.25, 0.3) is 0 Å². The van der Waals surface area contributed by atoms with Crippen LogP contribution in [0.1, 0.15) is 96.6 Å². The van der Waals surface area contributed by atoms with Gasteiger partial charge < -0.3 is 5.11 Å². The van der Waals surface area contributed by atoms with Gasteiger partial charge in [-0.2, -0.15) is 0 Å². The molecule has 0 fully saturated rings. The second-order valence-corrected chi connectivity index (χ2v) is 18.4. The van der Waals surface area contributed by atoms with Crippen molar-refractivity contribution in [3.05, 3.63) is 193 Å². The van der Waals surface area contributed by atoms with E-state index in [0.717, 1.165) is 50.1 Å². The van der Waals surface area contributed by atoms with Gasteiger partial charge in [0.05, 0.1) is 33.5 Å². The lowest BCUT2D eigenvalue weighted by molar-refractivity contribution is 0.477. The molecule has 0 radical (unpaired) electrons. The Kier molecular flexibility index (Phi) is 7.46. The van der Waals surface area contributed by atoms with Gasteiger partial charge in [-0.25, -0.2) is 4.98 Å². The minimum Gasteiger partial charge on any atom is -0.507 e. The van der Waals surface area contributed by atoms with E-state index in [0.29, 0.717) is 28.2 Å². The van der Waals surface area contributed by atoms with Gasteiger partial charge in [-0.1, -0.05) is 171 Å². The van der Waals surface area contributed by atoms with E-state index in [1.54, 1.807) is 18.2 Å². The number of benzene rings is 7. The molecular weight excluding hydrogens is 779 g/mol. The van der Waals surface area contributed by atoms with E-state index in [9.17, 15) is 5.11 Å². The van der Waals surface area contributed by atoms with Crippen molar-refractivity contribution in [1.29, 1.82) is 0 Å². The quantitative estimate of drug-likeness (QED) is 0.174. The third-order valence-corrected chi connectivity index (χ3v) is 11.7. The highest BCUT2D eigenvalue weighted by molar-refractivity contribution is 5.98. The fourth-order valence-corrected chi connectivity index (χ4v) is 8.11. The first-order valence-corrected chi connectivity index (χ1v) is 21.3. The first kappa shape index (κ1) is 29.3. The fourth-order valence-electron chi connectivity index (χ4n) is 8.11. The Morgan fingerprint density at radius 2 is 1.14 bits per heavy atom. The van der Waals surface area contributed by atoms with Crippen LogP contribution in [0.4, 0.5) is 0 Å². The normalized spacial score (nSPS) is 15.8. The largest absolute Gasteiger partial charge is 0.507 e. The van der Waals surface area contributed by atoms with Gasteiger partial charge in [-0.05, 0) is 127 Å². The molecule has 0 saturated carbocycles. The Morgan fingerprint density at radius 3 is 1.84 bits per heavy atom. The maximum absolute atomic E-state index is 11.6. The molecule has 9 rings (SSSR count). The SMILES string of the molecule is [2H]c1c([2H])c(C(C([2H])([2H])[2H])(C([2H])([2H])[2H])C([2H])([2H])[2H])c([2H])c([2H])c1-c1ccnc(-c2cc(-c3ccccc3)cc(-c3cccc4c3nc(-c3ccccc3O)n4-c3ccc(C(C)(C)C)cc3-c3ccc(C(C)(C)C)cc3)c2)c1. The number of aromatic hydroxyl groups is 1. The number of fused-ring (bicyclic) bond motifs is 1. The maximum atomic E-state index is 11.6. The summed E-state index contributed by atoms with van der Waals surface area (Å²) in [5, 5.41) is 11.6. The summed E-state index contributed by atoms with van der Waals surface area (Å²) < 4.78 is 113. The predicted molar refractivity (Wildman–Crippen MR) is 269 cm³/mol. The van der Waals surface area contributed by atoms with Crippen LogP contribution in [0.15, 0.2) is 176 Å². The van der Waals surface area contributed by atoms with Crippen molar-refractivity contribution in [2.75, 3.05) is 0 Å². The molecule has 4 nitrogen and oxygen atoms in total. The molecule has 2 aromatic heterocycles. The van der Waals surface area contributed by atoms with Crippen molar-refractivity contribution in [2.24, 2.45) is 0 Å². The second-order valence-electron chi connectivity index (χ2n) is 18.4. The van der Waals surface area contributed by atoms with Crippen molar-refractivity contribution in [1.82, 2.24) is 14.5 Å². The number of aromatic nitrogens is 3. The Bertz CT molecular complexity index is 3670.